The van der Waals surface area contributed by atoms with Crippen molar-refractivity contribution in [1.29, 1.82) is 0 Å². The summed E-state index contributed by atoms with van der Waals surface area (Å²) in [4.78, 5) is 12.2. The Kier molecular flexibility index (Phi) is 5.99. The lowest BCUT2D eigenvalue weighted by molar-refractivity contribution is -0.126. The summed E-state index contributed by atoms with van der Waals surface area (Å²) in [5, 5.41) is 2.99. The van der Waals surface area contributed by atoms with E-state index in [0.29, 0.717) is 6.54 Å². The van der Waals surface area contributed by atoms with E-state index in [1.165, 1.54) is 5.56 Å². The van der Waals surface area contributed by atoms with E-state index in [0.717, 1.165) is 29.7 Å². The number of hydrogen-bond acceptors (Lipinski definition) is 3. The molecule has 0 bridgehead atoms. The summed E-state index contributed by atoms with van der Waals surface area (Å²) in [7, 11) is 0. The number of ether oxygens (including phenoxy) is 1. The van der Waals surface area contributed by atoms with Crippen LogP contribution in [0.15, 0.2) is 12.1 Å². The molecule has 0 spiro atoms. The van der Waals surface area contributed by atoms with Crippen molar-refractivity contribution >= 4 is 24.0 Å². The van der Waals surface area contributed by atoms with Gasteiger partial charge in [0.1, 0.15) is 6.10 Å². The van der Waals surface area contributed by atoms with E-state index >= 15 is 0 Å². The first-order valence-electron chi connectivity index (χ1n) is 6.75. The van der Waals surface area contributed by atoms with Crippen LogP contribution in [0.25, 0.3) is 0 Å². The average molecular weight is 299 g/mol. The number of nitrogens with two attached hydrogens (primary N) is 1. The average Bonchev–Trinajstić information content (AvgIpc) is 2.82. The van der Waals surface area contributed by atoms with Crippen LogP contribution in [0.1, 0.15) is 29.5 Å². The zero-order valence-electron chi connectivity index (χ0n) is 12.2. The second-order valence-electron chi connectivity index (χ2n) is 5.32. The van der Waals surface area contributed by atoms with Crippen LogP contribution in [0.5, 0.6) is 0 Å². The largest absolute Gasteiger partial charge is 0.364 e. The number of hydrogen-bond donors (Lipinski definition) is 2. The number of aryl methyl sites for hydroxylation is 3. The van der Waals surface area contributed by atoms with Crippen molar-refractivity contribution in [1.82, 2.24) is 0 Å². The van der Waals surface area contributed by atoms with E-state index in [4.69, 9.17) is 10.5 Å². The smallest absolute Gasteiger partial charge is 0.253 e. The number of anilines is 1. The molecule has 5 heteroatoms. The predicted octanol–water partition coefficient (Wildman–Crippen LogP) is 2.48. The van der Waals surface area contributed by atoms with E-state index in [-0.39, 0.29) is 30.5 Å². The van der Waals surface area contributed by atoms with Crippen molar-refractivity contribution < 1.29 is 9.53 Å². The van der Waals surface area contributed by atoms with Crippen LogP contribution in [0, 0.1) is 20.8 Å². The first-order chi connectivity index (χ1) is 9.01. The summed E-state index contributed by atoms with van der Waals surface area (Å²) in [5.74, 6) is -0.0639. The molecule has 0 saturated carbocycles. The Morgan fingerprint density at radius 3 is 2.40 bits per heavy atom. The lowest BCUT2D eigenvalue weighted by atomic mass is 10.0. The monoisotopic (exact) mass is 298 g/mol. The summed E-state index contributed by atoms with van der Waals surface area (Å²) >= 11 is 0. The van der Waals surface area contributed by atoms with Crippen LogP contribution >= 0.6 is 12.4 Å². The van der Waals surface area contributed by atoms with E-state index in [9.17, 15) is 4.79 Å². The molecular formula is C15H23ClN2O2. The highest BCUT2D eigenvalue weighted by Gasteiger charge is 2.30. The number of benzene rings is 1. The summed E-state index contributed by atoms with van der Waals surface area (Å²) in [6.45, 7) is 6.55. The molecule has 2 rings (SSSR count). The second kappa shape index (κ2) is 7.07. The summed E-state index contributed by atoms with van der Waals surface area (Å²) in [6.07, 6.45) is 1.27. The number of carbonyl (C=O) groups is 1. The molecule has 2 atom stereocenters. The quantitative estimate of drug-likeness (QED) is 0.901. The van der Waals surface area contributed by atoms with Gasteiger partial charge in [0.25, 0.3) is 5.91 Å². The summed E-state index contributed by atoms with van der Waals surface area (Å²) in [5.41, 5.74) is 9.82. The lowest BCUT2D eigenvalue weighted by Crippen LogP contribution is -2.30. The molecule has 1 aliphatic heterocycles. The number of halogens is 1. The van der Waals surface area contributed by atoms with Crippen LogP contribution in [0.3, 0.4) is 0 Å². The number of nitrogens with one attached hydrogen (secondary N) is 1. The van der Waals surface area contributed by atoms with Gasteiger partial charge >= 0.3 is 0 Å². The van der Waals surface area contributed by atoms with E-state index in [1.807, 2.05) is 13.8 Å². The van der Waals surface area contributed by atoms with Gasteiger partial charge in [-0.25, -0.2) is 0 Å². The maximum atomic E-state index is 12.2. The Hall–Kier alpha value is -1.10. The fourth-order valence-electron chi connectivity index (χ4n) is 2.65. The van der Waals surface area contributed by atoms with Gasteiger partial charge in [0.2, 0.25) is 0 Å². The standard InChI is InChI=1S/C15H22N2O2.ClH/c1-9-6-10(2)14(11(3)7-9)17-15(18)13-5-4-12(8-16)19-13;/h6-7,12-13H,4-5,8,16H2,1-3H3,(H,17,18);1H/t12-,13+;/m1./s1. The molecule has 1 heterocycles. The van der Waals surface area contributed by atoms with Crippen molar-refractivity contribution in [2.24, 2.45) is 5.73 Å². The Balaban J connectivity index is 0.00000200. The Bertz CT molecular complexity index is 468. The third kappa shape index (κ3) is 3.72. The molecule has 0 aliphatic carbocycles. The molecule has 4 nitrogen and oxygen atoms in total. The van der Waals surface area contributed by atoms with E-state index in [2.05, 4.69) is 24.4 Å². The van der Waals surface area contributed by atoms with Crippen molar-refractivity contribution in [3.8, 4) is 0 Å². The van der Waals surface area contributed by atoms with Gasteiger partial charge in [-0.3, -0.25) is 4.79 Å². The third-order valence-corrected chi connectivity index (χ3v) is 3.59. The summed E-state index contributed by atoms with van der Waals surface area (Å²) < 4.78 is 5.61. The van der Waals surface area contributed by atoms with Crippen molar-refractivity contribution in [3.05, 3.63) is 28.8 Å². The number of rotatable bonds is 3. The van der Waals surface area contributed by atoms with Crippen LogP contribution < -0.4 is 11.1 Å². The fraction of sp³-hybridized carbons (Fsp3) is 0.533. The van der Waals surface area contributed by atoms with Crippen LogP contribution in [-0.2, 0) is 9.53 Å². The molecule has 112 valence electrons. The van der Waals surface area contributed by atoms with Crippen LogP contribution in [0.2, 0.25) is 0 Å². The highest BCUT2D eigenvalue weighted by Crippen LogP contribution is 2.24. The first kappa shape index (κ1) is 17.0. The molecule has 20 heavy (non-hydrogen) atoms. The topological polar surface area (TPSA) is 64.4 Å². The maximum Gasteiger partial charge on any atom is 0.253 e. The molecular weight excluding hydrogens is 276 g/mol. The maximum absolute atomic E-state index is 12.2. The number of carbonyl (C=O) groups excluding carboxylic acids is 1. The molecule has 3 N–H and O–H groups in total. The zero-order chi connectivity index (χ0) is 14.0. The van der Waals surface area contributed by atoms with Gasteiger partial charge in [0.15, 0.2) is 0 Å². The predicted molar refractivity (Wildman–Crippen MR) is 83.5 cm³/mol. The van der Waals surface area contributed by atoms with Gasteiger partial charge < -0.3 is 15.8 Å². The third-order valence-electron chi connectivity index (χ3n) is 3.59. The molecule has 1 aliphatic rings. The molecule has 0 radical (unpaired) electrons. The van der Waals surface area contributed by atoms with Gasteiger partial charge in [0.05, 0.1) is 6.10 Å². The van der Waals surface area contributed by atoms with E-state index < -0.39 is 0 Å². The molecule has 1 aromatic carbocycles. The highest BCUT2D eigenvalue weighted by atomic mass is 35.5. The minimum absolute atomic E-state index is 0. The fourth-order valence-corrected chi connectivity index (χ4v) is 2.65. The van der Waals surface area contributed by atoms with Crippen LogP contribution in [0.4, 0.5) is 5.69 Å². The minimum Gasteiger partial charge on any atom is -0.364 e. The van der Waals surface area contributed by atoms with Gasteiger partial charge in [0, 0.05) is 12.2 Å². The first-order valence-corrected chi connectivity index (χ1v) is 6.75. The molecule has 1 saturated heterocycles. The molecule has 1 aromatic rings. The lowest BCUT2D eigenvalue weighted by Gasteiger charge is -2.16. The van der Waals surface area contributed by atoms with Gasteiger partial charge in [-0.1, -0.05) is 17.7 Å². The Labute approximate surface area is 126 Å². The summed E-state index contributed by atoms with van der Waals surface area (Å²) in [6, 6.07) is 4.14. The van der Waals surface area contributed by atoms with Crippen molar-refractivity contribution in [3.63, 3.8) is 0 Å². The molecule has 0 unspecified atom stereocenters. The number of amides is 1. The second-order valence-corrected chi connectivity index (χ2v) is 5.32. The molecule has 1 amide bonds. The van der Waals surface area contributed by atoms with Gasteiger partial charge in [-0.05, 0) is 44.7 Å². The van der Waals surface area contributed by atoms with Crippen molar-refractivity contribution in [2.45, 2.75) is 45.8 Å². The Morgan fingerprint density at radius 1 is 1.30 bits per heavy atom. The zero-order valence-corrected chi connectivity index (χ0v) is 13.0. The Morgan fingerprint density at radius 2 is 1.90 bits per heavy atom. The van der Waals surface area contributed by atoms with Gasteiger partial charge in [-0.15, -0.1) is 12.4 Å². The SMILES string of the molecule is Cc1cc(C)c(NC(=O)[C@@H]2CC[C@H](CN)O2)c(C)c1.Cl. The molecule has 1 fully saturated rings. The van der Waals surface area contributed by atoms with Crippen molar-refractivity contribution in [2.75, 3.05) is 11.9 Å². The van der Waals surface area contributed by atoms with E-state index in [1.54, 1.807) is 0 Å². The van der Waals surface area contributed by atoms with Crippen LogP contribution in [-0.4, -0.2) is 24.7 Å². The molecule has 0 aromatic heterocycles. The van der Waals surface area contributed by atoms with Gasteiger partial charge in [-0.2, -0.15) is 0 Å². The minimum atomic E-state index is -0.367. The normalized spacial score (nSPS) is 21.4. The highest BCUT2D eigenvalue weighted by molar-refractivity contribution is 5.95.